The third-order valence-electron chi connectivity index (χ3n) is 3.13. The Bertz CT molecular complexity index is 356. The maximum atomic E-state index is 8.96. The zero-order chi connectivity index (χ0) is 14.8. The van der Waals surface area contributed by atoms with Crippen LogP contribution in [0.15, 0.2) is 24.3 Å². The number of hydrogen-bond acceptors (Lipinski definition) is 4. The van der Waals surface area contributed by atoms with Gasteiger partial charge in [-0.3, -0.25) is 0 Å². The molecule has 0 saturated carbocycles. The van der Waals surface area contributed by atoms with Gasteiger partial charge in [0.2, 0.25) is 0 Å². The maximum Gasteiger partial charge on any atom is 0.119 e. The molecular formula is C16H27NO2S. The first kappa shape index (κ1) is 17.3. The minimum absolute atomic E-state index is 0.267. The number of thioether (sulfide) groups is 1. The van der Waals surface area contributed by atoms with Gasteiger partial charge in [0.25, 0.3) is 0 Å². The van der Waals surface area contributed by atoms with Gasteiger partial charge in [0.15, 0.2) is 0 Å². The smallest absolute Gasteiger partial charge is 0.119 e. The van der Waals surface area contributed by atoms with E-state index in [-0.39, 0.29) is 6.61 Å². The molecule has 0 bridgehead atoms. The molecule has 2 atom stereocenters. The third-order valence-corrected chi connectivity index (χ3v) is 4.46. The fourth-order valence-electron chi connectivity index (χ4n) is 2.01. The van der Waals surface area contributed by atoms with Crippen molar-refractivity contribution in [3.8, 4) is 5.75 Å². The summed E-state index contributed by atoms with van der Waals surface area (Å²) in [7, 11) is 0. The molecule has 0 saturated heterocycles. The number of aliphatic hydroxyl groups is 1. The molecule has 1 rings (SSSR count). The predicted molar refractivity (Wildman–Crippen MR) is 87.7 cm³/mol. The van der Waals surface area contributed by atoms with Gasteiger partial charge in [-0.05, 0) is 37.6 Å². The second kappa shape index (κ2) is 10.1. The second-order valence-corrected chi connectivity index (χ2v) is 6.24. The van der Waals surface area contributed by atoms with Crippen LogP contribution < -0.4 is 10.1 Å². The summed E-state index contributed by atoms with van der Waals surface area (Å²) >= 11 is 1.90. The summed E-state index contributed by atoms with van der Waals surface area (Å²) in [5.74, 6) is 1.94. The van der Waals surface area contributed by atoms with Gasteiger partial charge in [-0.1, -0.05) is 26.0 Å². The van der Waals surface area contributed by atoms with Gasteiger partial charge in [0.1, 0.15) is 5.75 Å². The molecule has 2 N–H and O–H groups in total. The number of hydrogen-bond donors (Lipinski definition) is 2. The van der Waals surface area contributed by atoms with Crippen molar-refractivity contribution in [2.24, 2.45) is 0 Å². The third kappa shape index (κ3) is 6.16. The van der Waals surface area contributed by atoms with E-state index in [1.165, 1.54) is 5.56 Å². The summed E-state index contributed by atoms with van der Waals surface area (Å²) in [5.41, 5.74) is 1.29. The molecule has 2 unspecified atom stereocenters. The topological polar surface area (TPSA) is 41.5 Å². The highest BCUT2D eigenvalue weighted by Gasteiger charge is 2.12. The van der Waals surface area contributed by atoms with Crippen molar-refractivity contribution in [2.75, 3.05) is 25.5 Å². The SMILES string of the molecule is CCNC(CSC(C)CCO)c1ccc(OCC)cc1. The van der Waals surface area contributed by atoms with Crippen molar-refractivity contribution < 1.29 is 9.84 Å². The maximum absolute atomic E-state index is 8.96. The zero-order valence-electron chi connectivity index (χ0n) is 12.8. The first-order chi connectivity index (χ1) is 9.71. The van der Waals surface area contributed by atoms with Crippen LogP contribution in [0, 0.1) is 0 Å². The Kier molecular flexibility index (Phi) is 8.74. The van der Waals surface area contributed by atoms with Crippen molar-refractivity contribution in [1.29, 1.82) is 0 Å². The van der Waals surface area contributed by atoms with Crippen LogP contribution in [0.4, 0.5) is 0 Å². The lowest BCUT2D eigenvalue weighted by atomic mass is 10.1. The first-order valence-corrected chi connectivity index (χ1v) is 8.44. The number of ether oxygens (including phenoxy) is 1. The molecule has 0 heterocycles. The minimum atomic E-state index is 0.267. The lowest BCUT2D eigenvalue weighted by Gasteiger charge is -2.20. The highest BCUT2D eigenvalue weighted by Crippen LogP contribution is 2.24. The minimum Gasteiger partial charge on any atom is -0.494 e. The molecule has 1 aromatic rings. The van der Waals surface area contributed by atoms with Crippen LogP contribution >= 0.6 is 11.8 Å². The molecule has 0 aliphatic rings. The van der Waals surface area contributed by atoms with Crippen LogP contribution in [0.25, 0.3) is 0 Å². The highest BCUT2D eigenvalue weighted by molar-refractivity contribution is 7.99. The van der Waals surface area contributed by atoms with E-state index in [4.69, 9.17) is 9.84 Å². The fourth-order valence-corrected chi connectivity index (χ4v) is 3.11. The van der Waals surface area contributed by atoms with Crippen molar-refractivity contribution in [3.63, 3.8) is 0 Å². The zero-order valence-corrected chi connectivity index (χ0v) is 13.6. The molecule has 0 aliphatic heterocycles. The summed E-state index contributed by atoms with van der Waals surface area (Å²) in [6.45, 7) is 8.21. The van der Waals surface area contributed by atoms with Crippen LogP contribution in [0.1, 0.15) is 38.8 Å². The van der Waals surface area contributed by atoms with Crippen molar-refractivity contribution in [2.45, 2.75) is 38.5 Å². The molecule has 0 aliphatic carbocycles. The Morgan fingerprint density at radius 3 is 2.50 bits per heavy atom. The Morgan fingerprint density at radius 1 is 1.25 bits per heavy atom. The summed E-state index contributed by atoms with van der Waals surface area (Å²) in [4.78, 5) is 0. The Labute approximate surface area is 127 Å². The van der Waals surface area contributed by atoms with E-state index < -0.39 is 0 Å². The predicted octanol–water partition coefficient (Wildman–Crippen LogP) is 3.24. The van der Waals surface area contributed by atoms with Crippen LogP contribution in [-0.4, -0.2) is 35.9 Å². The normalized spacial score (nSPS) is 14.0. The molecule has 0 amide bonds. The molecule has 0 spiro atoms. The Balaban J connectivity index is 2.59. The van der Waals surface area contributed by atoms with E-state index >= 15 is 0 Å². The molecular weight excluding hydrogens is 270 g/mol. The number of rotatable bonds is 10. The van der Waals surface area contributed by atoms with E-state index in [1.54, 1.807) is 0 Å². The standard InChI is InChI=1S/C16H27NO2S/c1-4-17-16(12-20-13(3)10-11-18)14-6-8-15(9-7-14)19-5-2/h6-9,13,16-18H,4-5,10-12H2,1-3H3. The number of nitrogens with one attached hydrogen (secondary N) is 1. The Hall–Kier alpha value is -0.710. The van der Waals surface area contributed by atoms with Crippen LogP contribution in [-0.2, 0) is 0 Å². The second-order valence-electron chi connectivity index (χ2n) is 4.77. The molecule has 1 aromatic carbocycles. The van der Waals surface area contributed by atoms with Crippen LogP contribution in [0.3, 0.4) is 0 Å². The van der Waals surface area contributed by atoms with Crippen molar-refractivity contribution in [1.82, 2.24) is 5.32 Å². The lowest BCUT2D eigenvalue weighted by Crippen LogP contribution is -2.23. The largest absolute Gasteiger partial charge is 0.494 e. The molecule has 4 heteroatoms. The van der Waals surface area contributed by atoms with Crippen LogP contribution in [0.5, 0.6) is 5.75 Å². The first-order valence-electron chi connectivity index (χ1n) is 7.39. The van der Waals surface area contributed by atoms with E-state index in [1.807, 2.05) is 30.8 Å². The number of aliphatic hydroxyl groups excluding tert-OH is 1. The summed E-state index contributed by atoms with van der Waals surface area (Å²) in [6.07, 6.45) is 0.854. The van der Waals surface area contributed by atoms with Gasteiger partial charge in [-0.2, -0.15) is 11.8 Å². The molecule has 114 valence electrons. The van der Waals surface area contributed by atoms with Gasteiger partial charge in [-0.25, -0.2) is 0 Å². The molecule has 0 aromatic heterocycles. The van der Waals surface area contributed by atoms with Gasteiger partial charge >= 0.3 is 0 Å². The van der Waals surface area contributed by atoms with Crippen molar-refractivity contribution >= 4 is 11.8 Å². The number of benzene rings is 1. The van der Waals surface area contributed by atoms with Gasteiger partial charge in [-0.15, -0.1) is 0 Å². The fraction of sp³-hybridized carbons (Fsp3) is 0.625. The van der Waals surface area contributed by atoms with Gasteiger partial charge < -0.3 is 15.2 Å². The van der Waals surface area contributed by atoms with E-state index in [9.17, 15) is 0 Å². The average molecular weight is 297 g/mol. The van der Waals surface area contributed by atoms with Crippen LogP contribution in [0.2, 0.25) is 0 Å². The molecule has 20 heavy (non-hydrogen) atoms. The quantitative estimate of drug-likeness (QED) is 0.695. The average Bonchev–Trinajstić information content (AvgIpc) is 2.45. The highest BCUT2D eigenvalue weighted by atomic mass is 32.2. The van der Waals surface area contributed by atoms with Gasteiger partial charge in [0.05, 0.1) is 6.61 Å². The van der Waals surface area contributed by atoms with Gasteiger partial charge in [0, 0.05) is 23.7 Å². The summed E-state index contributed by atoms with van der Waals surface area (Å²) < 4.78 is 5.48. The van der Waals surface area contributed by atoms with E-state index in [0.29, 0.717) is 17.9 Å². The summed E-state index contributed by atoms with van der Waals surface area (Å²) in [5, 5.41) is 13.0. The van der Waals surface area contributed by atoms with E-state index in [0.717, 1.165) is 24.5 Å². The van der Waals surface area contributed by atoms with Crippen molar-refractivity contribution in [3.05, 3.63) is 29.8 Å². The molecule has 0 fully saturated rings. The lowest BCUT2D eigenvalue weighted by molar-refractivity contribution is 0.289. The summed E-state index contributed by atoms with van der Waals surface area (Å²) in [6, 6.07) is 8.68. The Morgan fingerprint density at radius 2 is 1.95 bits per heavy atom. The monoisotopic (exact) mass is 297 g/mol. The molecule has 0 radical (unpaired) electrons. The molecule has 3 nitrogen and oxygen atoms in total. The van der Waals surface area contributed by atoms with E-state index in [2.05, 4.69) is 31.3 Å².